The maximum absolute atomic E-state index is 8.11. The maximum atomic E-state index is 8.11. The zero-order valence-electron chi connectivity index (χ0n) is 16.9. The highest BCUT2D eigenvalue weighted by Gasteiger charge is 2.34. The Balaban J connectivity index is 2.07. The van der Waals surface area contributed by atoms with Crippen LogP contribution in [-0.2, 0) is 20.5 Å². The molecule has 1 aliphatic rings. The van der Waals surface area contributed by atoms with Crippen LogP contribution in [0.3, 0.4) is 0 Å². The molecular formula is C16H14N5+. The van der Waals surface area contributed by atoms with Gasteiger partial charge in [0.05, 0.1) is 39.7 Å². The predicted octanol–water partition coefficient (Wildman–Crippen LogP) is 1.78. The van der Waals surface area contributed by atoms with Crippen LogP contribution in [-0.4, -0.2) is 19.1 Å². The molecular weight excluding hydrogens is 262 g/mol. The van der Waals surface area contributed by atoms with Gasteiger partial charge in [0, 0.05) is 30.4 Å². The molecule has 102 valence electrons. The van der Waals surface area contributed by atoms with Gasteiger partial charge >= 0.3 is 0 Å². The van der Waals surface area contributed by atoms with Crippen molar-refractivity contribution in [2.24, 2.45) is 14.0 Å². The third kappa shape index (κ3) is 1.15. The molecule has 0 bridgehead atoms. The number of nitrogens with zero attached hydrogens (tertiary/aromatic N) is 5. The normalized spacial score (nSPS) is 18.5. The summed E-state index contributed by atoms with van der Waals surface area (Å²) in [7, 11) is 0. The molecule has 5 nitrogen and oxygen atoms in total. The first-order valence-electron chi connectivity index (χ1n) is 9.56. The minimum Gasteiger partial charge on any atom is -0.264 e. The van der Waals surface area contributed by atoms with Gasteiger partial charge in [-0.1, -0.05) is 0 Å². The first-order chi connectivity index (χ1) is 12.7. The van der Waals surface area contributed by atoms with E-state index in [0.717, 1.165) is 5.56 Å². The summed E-state index contributed by atoms with van der Waals surface area (Å²) >= 11 is 0. The van der Waals surface area contributed by atoms with Gasteiger partial charge in [0.2, 0.25) is 5.82 Å². The first kappa shape index (κ1) is 6.85. The van der Waals surface area contributed by atoms with E-state index in [1.165, 1.54) is 21.5 Å². The molecule has 0 saturated carbocycles. The topological polar surface area (TPSA) is 39.5 Å². The van der Waals surface area contributed by atoms with Crippen molar-refractivity contribution >= 4 is 22.1 Å². The molecule has 0 aliphatic carbocycles. The molecule has 0 saturated heterocycles. The molecule has 4 aromatic heterocycles. The summed E-state index contributed by atoms with van der Waals surface area (Å²) in [6.07, 6.45) is 6.29. The lowest BCUT2D eigenvalue weighted by Crippen LogP contribution is -2.33. The summed E-state index contributed by atoms with van der Waals surface area (Å²) in [6, 6.07) is 3.42. The molecule has 21 heavy (non-hydrogen) atoms. The fourth-order valence-electron chi connectivity index (χ4n) is 3.25. The highest BCUT2D eigenvalue weighted by molar-refractivity contribution is 6.04. The van der Waals surface area contributed by atoms with Crippen LogP contribution in [0.2, 0.25) is 0 Å². The zero-order chi connectivity index (χ0) is 19.1. The Bertz CT molecular complexity index is 1230. The van der Waals surface area contributed by atoms with Crippen LogP contribution in [0.4, 0.5) is 0 Å². The second-order valence-corrected chi connectivity index (χ2v) is 5.18. The Labute approximate surface area is 129 Å². The van der Waals surface area contributed by atoms with E-state index in [1.807, 2.05) is 6.07 Å². The largest absolute Gasteiger partial charge is 0.269 e. The maximum Gasteiger partial charge on any atom is 0.269 e. The van der Waals surface area contributed by atoms with E-state index in [-0.39, 0.29) is 0 Å². The Morgan fingerprint density at radius 2 is 2.00 bits per heavy atom. The second-order valence-electron chi connectivity index (χ2n) is 5.18. The molecule has 0 N–H and O–H groups in total. The van der Waals surface area contributed by atoms with Gasteiger partial charge in [0.15, 0.2) is 5.52 Å². The smallest absolute Gasteiger partial charge is 0.264 e. The van der Waals surface area contributed by atoms with Gasteiger partial charge in [-0.25, -0.2) is 4.57 Å². The Morgan fingerprint density at radius 1 is 1.14 bits per heavy atom. The number of hydrogen-bond donors (Lipinski definition) is 0. The summed E-state index contributed by atoms with van der Waals surface area (Å²) in [5.41, 5.74) is 2.72. The van der Waals surface area contributed by atoms with Crippen molar-refractivity contribution in [3.63, 3.8) is 0 Å². The average molecular weight is 282 g/mol. The van der Waals surface area contributed by atoms with Crippen LogP contribution in [0.5, 0.6) is 0 Å². The lowest BCUT2D eigenvalue weighted by atomic mass is 10.2. The van der Waals surface area contributed by atoms with Crippen molar-refractivity contribution in [3.05, 3.63) is 42.5 Å². The third-order valence-corrected chi connectivity index (χ3v) is 4.15. The number of hydrogen-bond acceptors (Lipinski definition) is 2. The fraction of sp³-hybridized carbons (Fsp3) is 0.188. The second kappa shape index (κ2) is 3.49. The monoisotopic (exact) mass is 282 g/mol. The van der Waals surface area contributed by atoms with E-state index in [9.17, 15) is 0 Å². The summed E-state index contributed by atoms with van der Waals surface area (Å²) in [4.78, 5) is 8.22. The molecule has 0 spiro atoms. The van der Waals surface area contributed by atoms with Crippen molar-refractivity contribution < 1.29 is 12.8 Å². The van der Waals surface area contributed by atoms with Crippen LogP contribution in [0.1, 0.15) is 13.8 Å². The van der Waals surface area contributed by atoms with Crippen molar-refractivity contribution in [1.82, 2.24) is 19.1 Å². The number of pyridine rings is 2. The van der Waals surface area contributed by atoms with Crippen LogP contribution in [0, 0.1) is 0 Å². The zero-order valence-corrected chi connectivity index (χ0v) is 10.9. The summed E-state index contributed by atoms with van der Waals surface area (Å²) < 4.78 is 52.7. The number of fused-ring (bicyclic) bond motifs is 7. The minimum atomic E-state index is -2.50. The molecule has 5 heteroatoms. The van der Waals surface area contributed by atoms with Crippen molar-refractivity contribution in [3.8, 4) is 11.4 Å². The molecule has 5 rings (SSSR count). The van der Waals surface area contributed by atoms with Gasteiger partial charge < -0.3 is 0 Å². The summed E-state index contributed by atoms with van der Waals surface area (Å²) in [5.74, 6) is 0.437. The van der Waals surface area contributed by atoms with E-state index >= 15 is 0 Å². The number of rotatable bonds is 0. The van der Waals surface area contributed by atoms with Gasteiger partial charge in [-0.05, 0) is 12.1 Å². The van der Waals surface area contributed by atoms with Crippen LogP contribution in [0.25, 0.3) is 33.5 Å². The van der Waals surface area contributed by atoms with Gasteiger partial charge in [0.25, 0.3) is 5.65 Å². The van der Waals surface area contributed by atoms with Crippen molar-refractivity contribution in [2.75, 3.05) is 0 Å². The molecule has 0 aromatic carbocycles. The Morgan fingerprint density at radius 3 is 2.90 bits per heavy atom. The number of aryl methyl sites for hydroxylation is 2. The van der Waals surface area contributed by atoms with Crippen molar-refractivity contribution in [2.45, 2.75) is 6.54 Å². The van der Waals surface area contributed by atoms with Gasteiger partial charge in [0.1, 0.15) is 5.52 Å². The minimum absolute atomic E-state index is 0.346. The summed E-state index contributed by atoms with van der Waals surface area (Å²) in [5, 5.41) is 0.493. The van der Waals surface area contributed by atoms with Gasteiger partial charge in [-0.3, -0.25) is 19.1 Å². The molecule has 4 aromatic rings. The van der Waals surface area contributed by atoms with E-state index < -0.39 is 14.0 Å². The Hall–Kier alpha value is -2.69. The quantitative estimate of drug-likeness (QED) is 0.406. The van der Waals surface area contributed by atoms with Crippen LogP contribution < -0.4 is 4.57 Å². The highest BCUT2D eigenvalue weighted by Crippen LogP contribution is 2.34. The van der Waals surface area contributed by atoms with E-state index in [0.29, 0.717) is 40.0 Å². The van der Waals surface area contributed by atoms with Gasteiger partial charge in [-0.15, -0.1) is 0 Å². The Kier molecular flexibility index (Phi) is 1.14. The summed E-state index contributed by atoms with van der Waals surface area (Å²) in [6.45, 7) is -4.59. The highest BCUT2D eigenvalue weighted by atomic mass is 15.2. The molecule has 0 fully saturated rings. The standard InChI is InChI=1S/C16H14N5/c1-19-13-4-6-18-8-12(13)14-16(19)21-9-10-3-5-17-7-11(10)15(21)20(14)2/h3-8H,9H2,1-2H3/q+1/i1D3,2D3. The fourth-order valence-corrected chi connectivity index (χ4v) is 3.25. The van der Waals surface area contributed by atoms with Gasteiger partial charge in [-0.2, -0.15) is 0 Å². The molecule has 0 amide bonds. The average Bonchev–Trinajstić information content (AvgIpc) is 3.19. The first-order valence-corrected chi connectivity index (χ1v) is 6.56. The number of imidazole rings is 1. The lowest BCUT2D eigenvalue weighted by Gasteiger charge is -1.97. The van der Waals surface area contributed by atoms with Crippen LogP contribution >= 0.6 is 0 Å². The molecule has 5 heterocycles. The van der Waals surface area contributed by atoms with E-state index in [2.05, 4.69) is 9.97 Å². The number of aromatic nitrogens is 5. The van der Waals surface area contributed by atoms with Crippen LogP contribution in [0.15, 0.2) is 36.9 Å². The lowest BCUT2D eigenvalue weighted by molar-refractivity contribution is -0.648. The molecule has 0 atom stereocenters. The third-order valence-electron chi connectivity index (χ3n) is 4.15. The van der Waals surface area contributed by atoms with Crippen molar-refractivity contribution in [1.29, 1.82) is 0 Å². The SMILES string of the molecule is [2H]C([2H])([2H])n1c2[n+](c3c1c1cnccc1n3C([2H])([2H])[2H])Cc1ccncc1-2. The molecule has 0 unspecified atom stereocenters. The molecule has 1 aliphatic heterocycles. The van der Waals surface area contributed by atoms with E-state index in [1.54, 1.807) is 23.0 Å². The van der Waals surface area contributed by atoms with E-state index in [4.69, 9.17) is 8.22 Å². The molecule has 0 radical (unpaired) electrons. The predicted molar refractivity (Wildman–Crippen MR) is 79.7 cm³/mol.